The van der Waals surface area contributed by atoms with Crippen LogP contribution in [0.15, 0.2) is 0 Å². The summed E-state index contributed by atoms with van der Waals surface area (Å²) in [6.07, 6.45) is 5.33. The predicted octanol–water partition coefficient (Wildman–Crippen LogP) is 3.43. The van der Waals surface area contributed by atoms with Crippen LogP contribution in [0.25, 0.3) is 0 Å². The average Bonchev–Trinajstić information content (AvgIpc) is 2.16. The Balaban J connectivity index is 3.74. The Hall–Kier alpha value is -0.0400. The van der Waals surface area contributed by atoms with Crippen LogP contribution in [-0.2, 0) is 0 Å². The Morgan fingerprint density at radius 2 is 1.46 bits per heavy atom. The first kappa shape index (κ1) is 13.0. The molecular formula is C12H27N. The Morgan fingerprint density at radius 1 is 0.923 bits per heavy atom. The maximum Gasteiger partial charge on any atom is -0.00514 e. The molecule has 0 heterocycles. The fourth-order valence-corrected chi connectivity index (χ4v) is 1.83. The minimum atomic E-state index is 0.703. The topological polar surface area (TPSA) is 26.0 Å². The lowest BCUT2D eigenvalue weighted by molar-refractivity contribution is 0.313. The molecular weight excluding hydrogens is 158 g/mol. The van der Waals surface area contributed by atoms with Gasteiger partial charge in [0.25, 0.3) is 0 Å². The van der Waals surface area contributed by atoms with Gasteiger partial charge in [0.2, 0.25) is 0 Å². The molecule has 0 rings (SSSR count). The third-order valence-corrected chi connectivity index (χ3v) is 3.15. The van der Waals surface area contributed by atoms with E-state index in [1.165, 1.54) is 25.7 Å². The fraction of sp³-hybridized carbons (Fsp3) is 1.00. The summed E-state index contributed by atoms with van der Waals surface area (Å²) in [5.41, 5.74) is 5.64. The minimum absolute atomic E-state index is 0.703. The van der Waals surface area contributed by atoms with Gasteiger partial charge < -0.3 is 5.73 Å². The summed E-state index contributed by atoms with van der Waals surface area (Å²) in [6.45, 7) is 10.0. The van der Waals surface area contributed by atoms with E-state index in [0.717, 1.165) is 18.4 Å². The van der Waals surface area contributed by atoms with Crippen LogP contribution in [0, 0.1) is 17.8 Å². The summed E-state index contributed by atoms with van der Waals surface area (Å²) in [4.78, 5) is 0. The molecule has 0 saturated carbocycles. The first-order valence-electron chi connectivity index (χ1n) is 5.83. The highest BCUT2D eigenvalue weighted by molar-refractivity contribution is 4.65. The Bertz CT molecular complexity index is 99.7. The molecule has 1 heteroatoms. The number of hydrogen-bond donors (Lipinski definition) is 1. The second-order valence-corrected chi connectivity index (χ2v) is 4.60. The van der Waals surface area contributed by atoms with Crippen LogP contribution in [0.3, 0.4) is 0 Å². The molecule has 13 heavy (non-hydrogen) atoms. The van der Waals surface area contributed by atoms with E-state index in [1.54, 1.807) is 0 Å². The molecule has 2 N–H and O–H groups in total. The predicted molar refractivity (Wildman–Crippen MR) is 60.7 cm³/mol. The van der Waals surface area contributed by atoms with Crippen LogP contribution in [-0.4, -0.2) is 6.54 Å². The van der Waals surface area contributed by atoms with E-state index in [-0.39, 0.29) is 0 Å². The van der Waals surface area contributed by atoms with E-state index in [9.17, 15) is 0 Å². The molecule has 0 spiro atoms. The van der Waals surface area contributed by atoms with E-state index in [2.05, 4.69) is 27.7 Å². The molecule has 0 aliphatic rings. The third-order valence-electron chi connectivity index (χ3n) is 3.15. The van der Waals surface area contributed by atoms with E-state index in [1.807, 2.05) is 0 Å². The van der Waals surface area contributed by atoms with Crippen molar-refractivity contribution in [2.75, 3.05) is 6.54 Å². The molecule has 3 unspecified atom stereocenters. The first-order valence-corrected chi connectivity index (χ1v) is 5.83. The van der Waals surface area contributed by atoms with Crippen molar-refractivity contribution in [2.45, 2.75) is 53.4 Å². The van der Waals surface area contributed by atoms with E-state index >= 15 is 0 Å². The molecule has 3 atom stereocenters. The largest absolute Gasteiger partial charge is 0.330 e. The zero-order chi connectivity index (χ0) is 10.3. The van der Waals surface area contributed by atoms with E-state index < -0.39 is 0 Å². The highest BCUT2D eigenvalue weighted by Crippen LogP contribution is 2.24. The Kier molecular flexibility index (Phi) is 7.35. The van der Waals surface area contributed by atoms with Gasteiger partial charge >= 0.3 is 0 Å². The second kappa shape index (κ2) is 7.37. The van der Waals surface area contributed by atoms with Gasteiger partial charge in [0.05, 0.1) is 0 Å². The molecule has 1 nitrogen and oxygen atoms in total. The SMILES string of the molecule is CCC(C)CC(CC)CC(C)CN. The molecule has 0 saturated heterocycles. The summed E-state index contributed by atoms with van der Waals surface area (Å²) < 4.78 is 0. The Labute approximate surface area is 84.1 Å². The second-order valence-electron chi connectivity index (χ2n) is 4.60. The number of hydrogen-bond acceptors (Lipinski definition) is 1. The molecule has 80 valence electrons. The van der Waals surface area contributed by atoms with Crippen LogP contribution in [0.2, 0.25) is 0 Å². The molecule has 0 aromatic rings. The van der Waals surface area contributed by atoms with Gasteiger partial charge in [-0.25, -0.2) is 0 Å². The quantitative estimate of drug-likeness (QED) is 0.646. The van der Waals surface area contributed by atoms with Gasteiger partial charge in [-0.2, -0.15) is 0 Å². The number of rotatable bonds is 7. The minimum Gasteiger partial charge on any atom is -0.330 e. The normalized spacial score (nSPS) is 18.2. The molecule has 0 aromatic carbocycles. The monoisotopic (exact) mass is 185 g/mol. The molecule has 0 amide bonds. The van der Waals surface area contributed by atoms with Gasteiger partial charge in [-0.15, -0.1) is 0 Å². The third kappa shape index (κ3) is 6.09. The van der Waals surface area contributed by atoms with Crippen LogP contribution >= 0.6 is 0 Å². The summed E-state index contributed by atoms with van der Waals surface area (Å²) >= 11 is 0. The molecule has 0 aliphatic carbocycles. The molecule has 0 aliphatic heterocycles. The molecule has 0 aromatic heterocycles. The van der Waals surface area contributed by atoms with Crippen molar-refractivity contribution in [3.8, 4) is 0 Å². The van der Waals surface area contributed by atoms with Gasteiger partial charge in [-0.05, 0) is 37.1 Å². The molecule has 0 radical (unpaired) electrons. The number of nitrogens with two attached hydrogens (primary N) is 1. The van der Waals surface area contributed by atoms with E-state index in [0.29, 0.717) is 5.92 Å². The maximum atomic E-state index is 5.64. The highest BCUT2D eigenvalue weighted by Gasteiger charge is 2.13. The van der Waals surface area contributed by atoms with Gasteiger partial charge in [-0.1, -0.05) is 40.5 Å². The standard InChI is InChI=1S/C12H27N/c1-5-10(3)7-12(6-2)8-11(4)9-13/h10-12H,5-9,13H2,1-4H3. The summed E-state index contributed by atoms with van der Waals surface area (Å²) in [7, 11) is 0. The lowest BCUT2D eigenvalue weighted by Crippen LogP contribution is -2.16. The summed E-state index contributed by atoms with van der Waals surface area (Å²) in [6, 6.07) is 0. The van der Waals surface area contributed by atoms with Crippen LogP contribution in [0.1, 0.15) is 53.4 Å². The van der Waals surface area contributed by atoms with Gasteiger partial charge in [-0.3, -0.25) is 0 Å². The lowest BCUT2D eigenvalue weighted by atomic mass is 9.86. The fourth-order valence-electron chi connectivity index (χ4n) is 1.83. The zero-order valence-electron chi connectivity index (χ0n) is 9.84. The Morgan fingerprint density at radius 3 is 1.85 bits per heavy atom. The van der Waals surface area contributed by atoms with Crippen molar-refractivity contribution in [1.29, 1.82) is 0 Å². The first-order chi connectivity index (χ1) is 6.13. The summed E-state index contributed by atoms with van der Waals surface area (Å²) in [5.74, 6) is 2.48. The smallest absolute Gasteiger partial charge is 0.00514 e. The van der Waals surface area contributed by atoms with Crippen molar-refractivity contribution in [3.05, 3.63) is 0 Å². The maximum absolute atomic E-state index is 5.64. The van der Waals surface area contributed by atoms with Crippen molar-refractivity contribution >= 4 is 0 Å². The highest BCUT2D eigenvalue weighted by atomic mass is 14.5. The summed E-state index contributed by atoms with van der Waals surface area (Å²) in [5, 5.41) is 0. The van der Waals surface area contributed by atoms with Crippen LogP contribution < -0.4 is 5.73 Å². The van der Waals surface area contributed by atoms with Crippen LogP contribution in [0.4, 0.5) is 0 Å². The van der Waals surface area contributed by atoms with Crippen molar-refractivity contribution in [3.63, 3.8) is 0 Å². The molecule has 0 fully saturated rings. The average molecular weight is 185 g/mol. The van der Waals surface area contributed by atoms with Crippen molar-refractivity contribution in [1.82, 2.24) is 0 Å². The zero-order valence-corrected chi connectivity index (χ0v) is 9.84. The lowest BCUT2D eigenvalue weighted by Gasteiger charge is -2.21. The van der Waals surface area contributed by atoms with Gasteiger partial charge in [0.1, 0.15) is 0 Å². The van der Waals surface area contributed by atoms with Crippen LogP contribution in [0.5, 0.6) is 0 Å². The van der Waals surface area contributed by atoms with E-state index in [4.69, 9.17) is 5.73 Å². The molecule has 0 bridgehead atoms. The van der Waals surface area contributed by atoms with Gasteiger partial charge in [0, 0.05) is 0 Å². The van der Waals surface area contributed by atoms with Crippen molar-refractivity contribution < 1.29 is 0 Å². The van der Waals surface area contributed by atoms with Gasteiger partial charge in [0.15, 0.2) is 0 Å². The van der Waals surface area contributed by atoms with Crippen molar-refractivity contribution in [2.24, 2.45) is 23.5 Å².